The molecule has 23 heavy (non-hydrogen) atoms. The van der Waals surface area contributed by atoms with Gasteiger partial charge in [0.25, 0.3) is 5.69 Å². The van der Waals surface area contributed by atoms with Gasteiger partial charge in [0.2, 0.25) is 0 Å². The fourth-order valence-corrected chi connectivity index (χ4v) is 3.01. The Bertz CT molecular complexity index is 840. The molecule has 0 aliphatic rings. The van der Waals surface area contributed by atoms with Crippen molar-refractivity contribution in [2.24, 2.45) is 0 Å². The summed E-state index contributed by atoms with van der Waals surface area (Å²) >= 11 is 3.34. The molecule has 0 aliphatic carbocycles. The highest BCUT2D eigenvalue weighted by Gasteiger charge is 2.15. The predicted molar refractivity (Wildman–Crippen MR) is 90.4 cm³/mol. The Morgan fingerprint density at radius 2 is 1.96 bits per heavy atom. The largest absolute Gasteiger partial charge is 0.350 e. The predicted octanol–water partition coefficient (Wildman–Crippen LogP) is 3.76. The quantitative estimate of drug-likeness (QED) is 0.504. The molecular weight excluding hydrogens is 360 g/mol. The molecule has 0 fully saturated rings. The zero-order valence-corrected chi connectivity index (χ0v) is 14.1. The van der Waals surface area contributed by atoms with Gasteiger partial charge in [-0.15, -0.1) is 0 Å². The van der Waals surface area contributed by atoms with Gasteiger partial charge in [0.1, 0.15) is 4.60 Å². The molecule has 0 spiro atoms. The second-order valence-corrected chi connectivity index (χ2v) is 6.15. The zero-order valence-electron chi connectivity index (χ0n) is 12.5. The van der Waals surface area contributed by atoms with E-state index >= 15 is 0 Å². The Kier molecular flexibility index (Phi) is 4.29. The summed E-state index contributed by atoms with van der Waals surface area (Å²) in [7, 11) is 0. The van der Waals surface area contributed by atoms with Crippen LogP contribution < -0.4 is 0 Å². The van der Waals surface area contributed by atoms with Gasteiger partial charge in [-0.25, -0.2) is 0 Å². The van der Waals surface area contributed by atoms with Crippen molar-refractivity contribution in [3.05, 3.63) is 80.3 Å². The lowest BCUT2D eigenvalue weighted by atomic mass is 10.1. The Morgan fingerprint density at radius 3 is 2.57 bits per heavy atom. The van der Waals surface area contributed by atoms with Crippen LogP contribution in [0.2, 0.25) is 0 Å². The van der Waals surface area contributed by atoms with E-state index in [1.807, 2.05) is 58.9 Å². The van der Waals surface area contributed by atoms with Gasteiger partial charge in [-0.3, -0.25) is 14.8 Å². The van der Waals surface area contributed by atoms with E-state index < -0.39 is 0 Å². The van der Waals surface area contributed by atoms with Crippen molar-refractivity contribution in [2.75, 3.05) is 0 Å². The summed E-state index contributed by atoms with van der Waals surface area (Å²) in [5.74, 6) is 0. The van der Waals surface area contributed by atoms with E-state index in [2.05, 4.69) is 21.0 Å². The molecule has 0 radical (unpaired) electrons. The van der Waals surface area contributed by atoms with Crippen molar-refractivity contribution >= 4 is 21.6 Å². The Balaban J connectivity index is 1.90. The Hall–Kier alpha value is -2.41. The Labute approximate surface area is 141 Å². The van der Waals surface area contributed by atoms with E-state index in [1.165, 1.54) is 0 Å². The molecule has 0 amide bonds. The first-order chi connectivity index (χ1) is 11.0. The highest BCUT2D eigenvalue weighted by atomic mass is 79.9. The van der Waals surface area contributed by atoms with Crippen LogP contribution in [0.4, 0.5) is 5.69 Å². The summed E-state index contributed by atoms with van der Waals surface area (Å²) < 4.78 is 4.49. The van der Waals surface area contributed by atoms with E-state index in [0.717, 1.165) is 15.9 Å². The number of aryl methyl sites for hydroxylation is 1. The van der Waals surface area contributed by atoms with Gasteiger partial charge in [0.05, 0.1) is 18.0 Å². The van der Waals surface area contributed by atoms with Crippen LogP contribution >= 0.6 is 15.9 Å². The molecule has 7 heteroatoms. The summed E-state index contributed by atoms with van der Waals surface area (Å²) in [6.45, 7) is 2.94. The van der Waals surface area contributed by atoms with Crippen LogP contribution in [0.5, 0.6) is 0 Å². The van der Waals surface area contributed by atoms with Crippen LogP contribution in [-0.4, -0.2) is 19.3 Å². The zero-order chi connectivity index (χ0) is 16.4. The molecule has 6 nitrogen and oxygen atoms in total. The minimum absolute atomic E-state index is 0.139. The molecule has 118 valence electrons. The third-order valence-corrected chi connectivity index (χ3v) is 4.04. The summed E-state index contributed by atoms with van der Waals surface area (Å²) in [4.78, 5) is 11.1. The number of halogens is 1. The topological polar surface area (TPSA) is 65.9 Å². The second kappa shape index (κ2) is 6.37. The van der Waals surface area contributed by atoms with Gasteiger partial charge in [0, 0.05) is 29.7 Å². The van der Waals surface area contributed by atoms with E-state index in [9.17, 15) is 10.1 Å². The molecule has 0 atom stereocenters. The number of benzene rings is 1. The summed E-state index contributed by atoms with van der Waals surface area (Å²) in [5.41, 5.74) is 2.68. The minimum Gasteiger partial charge on any atom is -0.350 e. The lowest BCUT2D eigenvalue weighted by Crippen LogP contribution is -2.06. The van der Waals surface area contributed by atoms with E-state index in [1.54, 1.807) is 6.07 Å². The minimum atomic E-state index is -0.325. The smallest absolute Gasteiger partial charge is 0.274 e. The first kappa shape index (κ1) is 15.5. The van der Waals surface area contributed by atoms with Crippen molar-refractivity contribution in [3.8, 4) is 0 Å². The molecule has 3 aromatic rings. The van der Waals surface area contributed by atoms with E-state index in [0.29, 0.717) is 18.7 Å². The number of hydrogen-bond acceptors (Lipinski definition) is 3. The number of rotatable bonds is 5. The second-order valence-electron chi connectivity index (χ2n) is 5.34. The highest BCUT2D eigenvalue weighted by molar-refractivity contribution is 9.10. The first-order valence-electron chi connectivity index (χ1n) is 7.10. The van der Waals surface area contributed by atoms with Crippen molar-refractivity contribution in [1.82, 2.24) is 14.3 Å². The normalized spacial score (nSPS) is 10.9. The van der Waals surface area contributed by atoms with Crippen LogP contribution in [0.25, 0.3) is 0 Å². The van der Waals surface area contributed by atoms with Crippen LogP contribution in [0.3, 0.4) is 0 Å². The molecule has 0 bridgehead atoms. The fraction of sp³-hybridized carbons (Fsp3) is 0.188. The highest BCUT2D eigenvalue weighted by Crippen LogP contribution is 2.23. The molecule has 0 N–H and O–H groups in total. The first-order valence-corrected chi connectivity index (χ1v) is 7.89. The summed E-state index contributed by atoms with van der Waals surface area (Å²) in [6, 6.07) is 11.1. The SMILES string of the molecule is Cc1cc(Br)nn1Cc1ccc(Cn2cccc2)c([N+](=O)[O-])c1. The van der Waals surface area contributed by atoms with Gasteiger partial charge in [0.15, 0.2) is 0 Å². The number of hydrogen-bond donors (Lipinski definition) is 0. The van der Waals surface area contributed by atoms with Gasteiger partial charge >= 0.3 is 0 Å². The molecule has 1 aromatic carbocycles. The van der Waals surface area contributed by atoms with Crippen molar-refractivity contribution in [3.63, 3.8) is 0 Å². The number of nitro groups is 1. The van der Waals surface area contributed by atoms with Gasteiger partial charge < -0.3 is 4.57 Å². The summed E-state index contributed by atoms with van der Waals surface area (Å²) in [6.07, 6.45) is 3.78. The van der Waals surface area contributed by atoms with Crippen molar-refractivity contribution in [1.29, 1.82) is 0 Å². The molecule has 3 rings (SSSR count). The molecule has 0 saturated heterocycles. The molecule has 0 unspecified atom stereocenters. The van der Waals surface area contributed by atoms with Crippen LogP contribution in [0.15, 0.2) is 53.4 Å². The molecular formula is C16H15BrN4O2. The third-order valence-electron chi connectivity index (χ3n) is 3.65. The molecule has 0 aliphatic heterocycles. The Morgan fingerprint density at radius 1 is 1.22 bits per heavy atom. The average Bonchev–Trinajstić information content (AvgIpc) is 3.10. The van der Waals surface area contributed by atoms with E-state index in [-0.39, 0.29) is 10.6 Å². The van der Waals surface area contributed by atoms with E-state index in [4.69, 9.17) is 0 Å². The lowest BCUT2D eigenvalue weighted by Gasteiger charge is -2.08. The number of nitro benzene ring substituents is 1. The monoisotopic (exact) mass is 374 g/mol. The maximum absolute atomic E-state index is 11.4. The maximum atomic E-state index is 11.4. The standard InChI is InChI=1S/C16H15BrN4O2/c1-12-8-16(17)18-20(12)10-13-4-5-14(15(9-13)21(22)23)11-19-6-2-3-7-19/h2-9H,10-11H2,1H3. The lowest BCUT2D eigenvalue weighted by molar-refractivity contribution is -0.385. The van der Waals surface area contributed by atoms with Gasteiger partial charge in [-0.2, -0.15) is 5.10 Å². The molecule has 0 saturated carbocycles. The average molecular weight is 375 g/mol. The summed E-state index contributed by atoms with van der Waals surface area (Å²) in [5, 5.41) is 15.7. The number of aromatic nitrogens is 3. The third kappa shape index (κ3) is 3.50. The van der Waals surface area contributed by atoms with Crippen molar-refractivity contribution in [2.45, 2.75) is 20.0 Å². The van der Waals surface area contributed by atoms with Crippen molar-refractivity contribution < 1.29 is 4.92 Å². The van der Waals surface area contributed by atoms with Crippen LogP contribution in [-0.2, 0) is 13.1 Å². The fourth-order valence-electron chi connectivity index (χ4n) is 2.49. The van der Waals surface area contributed by atoms with Gasteiger partial charge in [-0.1, -0.05) is 12.1 Å². The van der Waals surface area contributed by atoms with Crippen LogP contribution in [0, 0.1) is 17.0 Å². The maximum Gasteiger partial charge on any atom is 0.274 e. The van der Waals surface area contributed by atoms with Crippen LogP contribution in [0.1, 0.15) is 16.8 Å². The number of nitrogens with zero attached hydrogens (tertiary/aromatic N) is 4. The molecule has 2 aromatic heterocycles. The molecule has 2 heterocycles. The van der Waals surface area contributed by atoms with Gasteiger partial charge in [-0.05, 0) is 46.6 Å².